The van der Waals surface area contributed by atoms with E-state index >= 15 is 0 Å². The number of hydrogen-bond acceptors (Lipinski definition) is 6. The molecule has 1 aliphatic heterocycles. The fourth-order valence-corrected chi connectivity index (χ4v) is 4.08. The van der Waals surface area contributed by atoms with E-state index in [0.29, 0.717) is 37.4 Å². The molecule has 1 saturated heterocycles. The highest BCUT2D eigenvalue weighted by Gasteiger charge is 2.43. The number of ether oxygens (including phenoxy) is 1. The molecule has 1 fully saturated rings. The Bertz CT molecular complexity index is 991. The zero-order chi connectivity index (χ0) is 24.4. The van der Waals surface area contributed by atoms with Gasteiger partial charge in [-0.2, -0.15) is 5.10 Å². The topological polar surface area (TPSA) is 115 Å². The Morgan fingerprint density at radius 3 is 2.33 bits per heavy atom. The molecule has 0 radical (unpaired) electrons. The number of piperidine rings is 1. The number of carbonyl (C=O) groups excluding carboxylic acids is 2. The Balaban J connectivity index is 1.89. The minimum absolute atomic E-state index is 0.0161. The van der Waals surface area contributed by atoms with Gasteiger partial charge in [0.2, 0.25) is 0 Å². The predicted octanol–water partition coefficient (Wildman–Crippen LogP) is 3.20. The number of primary amides is 1. The molecule has 2 aromatic rings. The standard InChI is InChI=1S/C23H33FN6O3/c1-15(26-5)23(10-12-29(13-11-23)21(32)33-22(2,3)4)30-14-18(19(25)31)20(28-30)27-17-8-6-16(24)7-9-17/h6-9,14-15,26H,10-13H2,1-5H3,(H2,25,31)(H,27,28). The molecule has 0 spiro atoms. The Labute approximate surface area is 193 Å². The summed E-state index contributed by atoms with van der Waals surface area (Å²) < 4.78 is 20.6. The normalized spacial score (nSPS) is 16.8. The number of likely N-dealkylation sites (tertiary alicyclic amines) is 1. The van der Waals surface area contributed by atoms with E-state index < -0.39 is 17.0 Å². The van der Waals surface area contributed by atoms with Crippen molar-refractivity contribution >= 4 is 23.5 Å². The Morgan fingerprint density at radius 2 is 1.82 bits per heavy atom. The fourth-order valence-electron chi connectivity index (χ4n) is 4.08. The van der Waals surface area contributed by atoms with Crippen molar-refractivity contribution in [3.05, 3.63) is 41.8 Å². The second-order valence-electron chi connectivity index (χ2n) is 9.41. The van der Waals surface area contributed by atoms with Crippen molar-refractivity contribution in [2.24, 2.45) is 5.73 Å². The number of carbonyl (C=O) groups is 2. The number of nitrogens with zero attached hydrogens (tertiary/aromatic N) is 3. The van der Waals surface area contributed by atoms with E-state index in [-0.39, 0.29) is 23.5 Å². The van der Waals surface area contributed by atoms with Crippen LogP contribution in [0.1, 0.15) is 50.9 Å². The molecule has 1 aromatic carbocycles. The summed E-state index contributed by atoms with van der Waals surface area (Å²) in [4.78, 5) is 26.4. The lowest BCUT2D eigenvalue weighted by molar-refractivity contribution is 0.00571. The molecule has 0 bridgehead atoms. The number of nitrogens with one attached hydrogen (secondary N) is 2. The average molecular weight is 461 g/mol. The zero-order valence-corrected chi connectivity index (χ0v) is 19.8. The first-order valence-electron chi connectivity index (χ1n) is 11.0. The second-order valence-corrected chi connectivity index (χ2v) is 9.41. The van der Waals surface area contributed by atoms with Gasteiger partial charge in [0.05, 0.1) is 5.54 Å². The number of aromatic nitrogens is 2. The SMILES string of the molecule is CNC(C)C1(n2cc(C(N)=O)c(Nc3ccc(F)cc3)n2)CCN(C(=O)OC(C)(C)C)CC1. The van der Waals surface area contributed by atoms with Crippen LogP contribution in [-0.2, 0) is 10.3 Å². The fraction of sp³-hybridized carbons (Fsp3) is 0.522. The number of halogens is 1. The molecule has 1 aliphatic rings. The van der Waals surface area contributed by atoms with Gasteiger partial charge in [0.25, 0.3) is 5.91 Å². The van der Waals surface area contributed by atoms with E-state index in [4.69, 9.17) is 10.5 Å². The summed E-state index contributed by atoms with van der Waals surface area (Å²) in [7, 11) is 1.86. The van der Waals surface area contributed by atoms with Crippen molar-refractivity contribution in [2.45, 2.75) is 57.7 Å². The van der Waals surface area contributed by atoms with Crippen LogP contribution in [0.5, 0.6) is 0 Å². The largest absolute Gasteiger partial charge is 0.444 e. The summed E-state index contributed by atoms with van der Waals surface area (Å²) >= 11 is 0. The van der Waals surface area contributed by atoms with Crippen molar-refractivity contribution in [1.82, 2.24) is 20.0 Å². The maximum atomic E-state index is 13.3. The van der Waals surface area contributed by atoms with Gasteiger partial charge in [-0.05, 0) is 71.8 Å². The van der Waals surface area contributed by atoms with Crippen LogP contribution in [0.25, 0.3) is 0 Å². The summed E-state index contributed by atoms with van der Waals surface area (Å²) in [6.07, 6.45) is 2.50. The van der Waals surface area contributed by atoms with Gasteiger partial charge in [0.1, 0.15) is 17.0 Å². The molecule has 9 nitrogen and oxygen atoms in total. The van der Waals surface area contributed by atoms with Crippen LogP contribution in [0.2, 0.25) is 0 Å². The number of likely N-dealkylation sites (N-methyl/N-ethyl adjacent to an activating group) is 1. The Hall–Kier alpha value is -3.14. The Morgan fingerprint density at radius 1 is 1.21 bits per heavy atom. The van der Waals surface area contributed by atoms with Crippen LogP contribution in [0.4, 0.5) is 20.7 Å². The molecular weight excluding hydrogens is 427 g/mol. The van der Waals surface area contributed by atoms with Gasteiger partial charge in [-0.15, -0.1) is 0 Å². The molecule has 0 saturated carbocycles. The minimum Gasteiger partial charge on any atom is -0.444 e. The molecule has 4 N–H and O–H groups in total. The lowest BCUT2D eigenvalue weighted by atomic mass is 9.81. The number of hydrogen-bond donors (Lipinski definition) is 3. The van der Waals surface area contributed by atoms with Crippen LogP contribution >= 0.6 is 0 Å². The highest BCUT2D eigenvalue weighted by atomic mass is 19.1. The maximum Gasteiger partial charge on any atom is 0.410 e. The van der Waals surface area contributed by atoms with Crippen molar-refractivity contribution in [1.29, 1.82) is 0 Å². The average Bonchev–Trinajstić information content (AvgIpc) is 3.18. The first kappa shape index (κ1) is 24.5. The molecule has 33 heavy (non-hydrogen) atoms. The van der Waals surface area contributed by atoms with Crippen LogP contribution < -0.4 is 16.4 Å². The van der Waals surface area contributed by atoms with Crippen molar-refractivity contribution in [2.75, 3.05) is 25.5 Å². The molecule has 0 aliphatic carbocycles. The summed E-state index contributed by atoms with van der Waals surface area (Å²) in [5.41, 5.74) is 5.38. The highest BCUT2D eigenvalue weighted by Crippen LogP contribution is 2.35. The number of benzene rings is 1. The van der Waals surface area contributed by atoms with E-state index in [1.54, 1.807) is 27.9 Å². The summed E-state index contributed by atoms with van der Waals surface area (Å²) in [6.45, 7) is 8.52. The summed E-state index contributed by atoms with van der Waals surface area (Å²) in [5.74, 6) is -0.685. The number of nitrogens with two attached hydrogens (primary N) is 1. The molecule has 10 heteroatoms. The van der Waals surface area contributed by atoms with Crippen molar-refractivity contribution < 1.29 is 18.7 Å². The van der Waals surface area contributed by atoms with Gasteiger partial charge in [-0.3, -0.25) is 9.48 Å². The highest BCUT2D eigenvalue weighted by molar-refractivity contribution is 5.98. The smallest absolute Gasteiger partial charge is 0.410 e. The maximum absolute atomic E-state index is 13.3. The third-order valence-corrected chi connectivity index (χ3v) is 6.06. The van der Waals surface area contributed by atoms with Gasteiger partial charge in [-0.25, -0.2) is 9.18 Å². The number of rotatable bonds is 6. The predicted molar refractivity (Wildman–Crippen MR) is 124 cm³/mol. The van der Waals surface area contributed by atoms with Crippen molar-refractivity contribution in [3.8, 4) is 0 Å². The minimum atomic E-state index is -0.621. The second kappa shape index (κ2) is 9.38. The molecule has 180 valence electrons. The summed E-state index contributed by atoms with van der Waals surface area (Å²) in [6, 6.07) is 5.74. The molecule has 1 unspecified atom stereocenters. The quantitative estimate of drug-likeness (QED) is 0.610. The lowest BCUT2D eigenvalue weighted by Crippen LogP contribution is -2.57. The molecule has 1 aromatic heterocycles. The van der Waals surface area contributed by atoms with Gasteiger partial charge in [0.15, 0.2) is 5.82 Å². The van der Waals surface area contributed by atoms with Crippen molar-refractivity contribution in [3.63, 3.8) is 0 Å². The molecule has 2 amide bonds. The third-order valence-electron chi connectivity index (χ3n) is 6.06. The van der Waals surface area contributed by atoms with Gasteiger partial charge >= 0.3 is 6.09 Å². The van der Waals surface area contributed by atoms with Gasteiger partial charge < -0.3 is 26.0 Å². The van der Waals surface area contributed by atoms with Crippen LogP contribution in [0.3, 0.4) is 0 Å². The van der Waals surface area contributed by atoms with E-state index in [0.717, 1.165) is 0 Å². The molecular formula is C23H33FN6O3. The third kappa shape index (κ3) is 5.44. The van der Waals surface area contributed by atoms with E-state index in [1.165, 1.54) is 12.1 Å². The van der Waals surface area contributed by atoms with Crippen LogP contribution in [0, 0.1) is 5.82 Å². The summed E-state index contributed by atoms with van der Waals surface area (Å²) in [5, 5.41) is 11.0. The van der Waals surface area contributed by atoms with E-state index in [2.05, 4.69) is 15.7 Å². The van der Waals surface area contributed by atoms with E-state index in [1.807, 2.05) is 34.7 Å². The lowest BCUT2D eigenvalue weighted by Gasteiger charge is -2.45. The molecule has 2 heterocycles. The van der Waals surface area contributed by atoms with E-state index in [9.17, 15) is 14.0 Å². The Kier molecular flexibility index (Phi) is 6.97. The molecule has 1 atom stereocenters. The number of amides is 2. The first-order valence-corrected chi connectivity index (χ1v) is 11.0. The molecule has 3 rings (SSSR count). The van der Waals surface area contributed by atoms with Gasteiger partial charge in [-0.1, -0.05) is 0 Å². The van der Waals surface area contributed by atoms with Crippen LogP contribution in [-0.4, -0.2) is 58.5 Å². The van der Waals surface area contributed by atoms with Crippen LogP contribution in [0.15, 0.2) is 30.5 Å². The first-order chi connectivity index (χ1) is 15.4. The number of anilines is 2. The monoisotopic (exact) mass is 460 g/mol. The zero-order valence-electron chi connectivity index (χ0n) is 19.8. The van der Waals surface area contributed by atoms with Gasteiger partial charge in [0, 0.05) is 31.0 Å².